The Balaban J connectivity index is 2.45. The average molecular weight is 267 g/mol. The number of nitrogens with one attached hydrogen (secondary N) is 1. The minimum absolute atomic E-state index is 0.0127. The van der Waals surface area contributed by atoms with Crippen molar-refractivity contribution >= 4 is 11.8 Å². The van der Waals surface area contributed by atoms with Gasteiger partial charge in [-0.3, -0.25) is 9.59 Å². The summed E-state index contributed by atoms with van der Waals surface area (Å²) < 4.78 is 0. The maximum absolute atomic E-state index is 12.0. The predicted molar refractivity (Wildman–Crippen MR) is 75.7 cm³/mol. The van der Waals surface area contributed by atoms with E-state index in [0.717, 1.165) is 12.0 Å². The molecule has 1 fully saturated rings. The number of hydrogen-bond donors (Lipinski definition) is 1. The predicted octanol–water partition coefficient (Wildman–Crippen LogP) is 0.621. The van der Waals surface area contributed by atoms with Crippen LogP contribution in [0.2, 0.25) is 0 Å². The maximum atomic E-state index is 12.0. The van der Waals surface area contributed by atoms with Gasteiger partial charge in [-0.2, -0.15) is 0 Å². The summed E-state index contributed by atoms with van der Waals surface area (Å²) in [6.45, 7) is 12.3. The van der Waals surface area contributed by atoms with Gasteiger partial charge in [0.2, 0.25) is 11.8 Å². The third-order valence-electron chi connectivity index (χ3n) is 3.03. The van der Waals surface area contributed by atoms with Crippen molar-refractivity contribution in [2.45, 2.75) is 33.2 Å². The fourth-order valence-electron chi connectivity index (χ4n) is 1.99. The monoisotopic (exact) mass is 267 g/mol. The van der Waals surface area contributed by atoms with Crippen LogP contribution >= 0.6 is 0 Å². The van der Waals surface area contributed by atoms with Gasteiger partial charge in [0.05, 0.1) is 6.54 Å². The molecule has 0 radical (unpaired) electrons. The Kier molecular flexibility index (Phi) is 6.02. The van der Waals surface area contributed by atoms with Gasteiger partial charge < -0.3 is 15.1 Å². The van der Waals surface area contributed by atoms with Crippen molar-refractivity contribution in [2.75, 3.05) is 32.7 Å². The molecule has 5 heteroatoms. The zero-order valence-corrected chi connectivity index (χ0v) is 12.2. The van der Waals surface area contributed by atoms with E-state index >= 15 is 0 Å². The van der Waals surface area contributed by atoms with Gasteiger partial charge in [0.25, 0.3) is 0 Å². The standard InChI is InChI=1S/C14H25N3O2/c1-5-6-16-9-14(19)17(10-13(16)18)8-12(4)7-15-11(2)3/h11,15H,4-10H2,1-3H3. The second-order valence-electron chi connectivity index (χ2n) is 5.35. The molecule has 0 aromatic carbocycles. The van der Waals surface area contributed by atoms with Crippen LogP contribution in [0.15, 0.2) is 12.2 Å². The van der Waals surface area contributed by atoms with Crippen molar-refractivity contribution in [3.63, 3.8) is 0 Å². The Bertz CT molecular complexity index is 353. The first-order chi connectivity index (χ1) is 8.93. The lowest BCUT2D eigenvalue weighted by molar-refractivity contribution is -0.149. The van der Waals surface area contributed by atoms with E-state index in [2.05, 4.69) is 25.7 Å². The second-order valence-corrected chi connectivity index (χ2v) is 5.35. The van der Waals surface area contributed by atoms with E-state index < -0.39 is 0 Å². The molecule has 0 aromatic heterocycles. The summed E-state index contributed by atoms with van der Waals surface area (Å²) in [5, 5.41) is 3.26. The highest BCUT2D eigenvalue weighted by Gasteiger charge is 2.29. The minimum Gasteiger partial charge on any atom is -0.332 e. The molecule has 0 aromatic rings. The fourth-order valence-corrected chi connectivity index (χ4v) is 1.99. The van der Waals surface area contributed by atoms with Crippen molar-refractivity contribution in [3.05, 3.63) is 12.2 Å². The van der Waals surface area contributed by atoms with Gasteiger partial charge in [0.1, 0.15) is 6.54 Å². The van der Waals surface area contributed by atoms with E-state index in [1.54, 1.807) is 9.80 Å². The van der Waals surface area contributed by atoms with Gasteiger partial charge in [-0.25, -0.2) is 0 Å². The molecule has 1 rings (SSSR count). The lowest BCUT2D eigenvalue weighted by Gasteiger charge is -2.34. The van der Waals surface area contributed by atoms with Crippen LogP contribution in [-0.2, 0) is 9.59 Å². The first kappa shape index (κ1) is 15.7. The van der Waals surface area contributed by atoms with Gasteiger partial charge in [0, 0.05) is 25.7 Å². The molecule has 1 saturated heterocycles. The smallest absolute Gasteiger partial charge is 0.242 e. The number of piperazine rings is 1. The van der Waals surface area contributed by atoms with Crippen LogP contribution in [0.25, 0.3) is 0 Å². The van der Waals surface area contributed by atoms with Gasteiger partial charge in [-0.1, -0.05) is 27.4 Å². The van der Waals surface area contributed by atoms with Crippen LogP contribution in [0, 0.1) is 0 Å². The minimum atomic E-state index is 0.0127. The fraction of sp³-hybridized carbons (Fsp3) is 0.714. The van der Waals surface area contributed by atoms with Crippen molar-refractivity contribution in [1.82, 2.24) is 15.1 Å². The molecule has 0 unspecified atom stereocenters. The van der Waals surface area contributed by atoms with Crippen molar-refractivity contribution < 1.29 is 9.59 Å². The average Bonchev–Trinajstić information content (AvgIpc) is 2.33. The topological polar surface area (TPSA) is 52.7 Å². The molecule has 0 aliphatic carbocycles. The van der Waals surface area contributed by atoms with Crippen LogP contribution in [-0.4, -0.2) is 60.4 Å². The molecule has 0 bridgehead atoms. The van der Waals surface area contributed by atoms with E-state index in [1.807, 2.05) is 6.92 Å². The van der Waals surface area contributed by atoms with E-state index in [0.29, 0.717) is 25.7 Å². The Hall–Kier alpha value is -1.36. The molecule has 0 spiro atoms. The maximum Gasteiger partial charge on any atom is 0.242 e. The Morgan fingerprint density at radius 3 is 2.42 bits per heavy atom. The van der Waals surface area contributed by atoms with Crippen molar-refractivity contribution in [3.8, 4) is 0 Å². The Morgan fingerprint density at radius 1 is 1.26 bits per heavy atom. The number of rotatable bonds is 7. The molecule has 1 N–H and O–H groups in total. The molecular formula is C14H25N3O2. The van der Waals surface area contributed by atoms with Crippen LogP contribution < -0.4 is 5.32 Å². The SMILES string of the molecule is C=C(CNC(C)C)CN1CC(=O)N(CCC)CC1=O. The first-order valence-electron chi connectivity index (χ1n) is 6.89. The first-order valence-corrected chi connectivity index (χ1v) is 6.89. The normalized spacial score (nSPS) is 16.4. The van der Waals surface area contributed by atoms with Crippen LogP contribution in [0.4, 0.5) is 0 Å². The van der Waals surface area contributed by atoms with E-state index in [-0.39, 0.29) is 24.9 Å². The van der Waals surface area contributed by atoms with E-state index in [4.69, 9.17) is 0 Å². The van der Waals surface area contributed by atoms with Gasteiger partial charge in [-0.15, -0.1) is 0 Å². The number of carbonyl (C=O) groups excluding carboxylic acids is 2. The molecule has 0 atom stereocenters. The van der Waals surface area contributed by atoms with Crippen molar-refractivity contribution in [2.24, 2.45) is 0 Å². The zero-order valence-electron chi connectivity index (χ0n) is 12.2. The highest BCUT2D eigenvalue weighted by Crippen LogP contribution is 2.07. The molecular weight excluding hydrogens is 242 g/mol. The number of nitrogens with zero attached hydrogens (tertiary/aromatic N) is 2. The quantitative estimate of drug-likeness (QED) is 0.688. The summed E-state index contributed by atoms with van der Waals surface area (Å²) in [6, 6.07) is 0.385. The summed E-state index contributed by atoms with van der Waals surface area (Å²) in [5.74, 6) is 0.0461. The number of hydrogen-bond acceptors (Lipinski definition) is 3. The van der Waals surface area contributed by atoms with E-state index in [9.17, 15) is 9.59 Å². The van der Waals surface area contributed by atoms with Crippen molar-refractivity contribution in [1.29, 1.82) is 0 Å². The largest absolute Gasteiger partial charge is 0.332 e. The zero-order chi connectivity index (χ0) is 14.4. The van der Waals surface area contributed by atoms with Gasteiger partial charge >= 0.3 is 0 Å². The molecule has 5 nitrogen and oxygen atoms in total. The third kappa shape index (κ3) is 5.03. The molecule has 108 valence electrons. The lowest BCUT2D eigenvalue weighted by Crippen LogP contribution is -2.54. The molecule has 1 aliphatic heterocycles. The Morgan fingerprint density at radius 2 is 1.84 bits per heavy atom. The summed E-state index contributed by atoms with van der Waals surface area (Å²) in [7, 11) is 0. The van der Waals surface area contributed by atoms with Gasteiger partial charge in [-0.05, 0) is 12.0 Å². The number of amides is 2. The molecule has 1 aliphatic rings. The molecule has 19 heavy (non-hydrogen) atoms. The third-order valence-corrected chi connectivity index (χ3v) is 3.03. The number of carbonyl (C=O) groups is 2. The van der Waals surface area contributed by atoms with E-state index in [1.165, 1.54) is 0 Å². The Labute approximate surface area is 115 Å². The summed E-state index contributed by atoms with van der Waals surface area (Å²) >= 11 is 0. The van der Waals surface area contributed by atoms with Gasteiger partial charge in [0.15, 0.2) is 0 Å². The second kappa shape index (κ2) is 7.28. The lowest BCUT2D eigenvalue weighted by atomic mass is 10.2. The van der Waals surface area contributed by atoms with Crippen LogP contribution in [0.1, 0.15) is 27.2 Å². The highest BCUT2D eigenvalue weighted by molar-refractivity contribution is 5.92. The molecule has 1 heterocycles. The van der Waals surface area contributed by atoms with Crippen LogP contribution in [0.5, 0.6) is 0 Å². The molecule has 2 amide bonds. The molecule has 0 saturated carbocycles. The summed E-state index contributed by atoms with van der Waals surface area (Å²) in [4.78, 5) is 27.1. The summed E-state index contributed by atoms with van der Waals surface area (Å²) in [6.07, 6.45) is 0.879. The summed E-state index contributed by atoms with van der Waals surface area (Å²) in [5.41, 5.74) is 0.929. The highest BCUT2D eigenvalue weighted by atomic mass is 16.2. The van der Waals surface area contributed by atoms with Crippen LogP contribution in [0.3, 0.4) is 0 Å².